The molecule has 0 amide bonds. The van der Waals surface area contributed by atoms with E-state index in [1.54, 1.807) is 19.1 Å². The molecule has 2 rings (SSSR count). The Morgan fingerprint density at radius 2 is 1.62 bits per heavy atom. The molecule has 4 nitrogen and oxygen atoms in total. The number of benzene rings is 2. The first kappa shape index (κ1) is 15.0. The summed E-state index contributed by atoms with van der Waals surface area (Å²) < 4.78 is 0. The molecule has 0 atom stereocenters. The fourth-order valence-electron chi connectivity index (χ4n) is 2.60. The molecule has 0 spiro atoms. The van der Waals surface area contributed by atoms with Gasteiger partial charge in [0, 0.05) is 23.9 Å². The Bertz CT molecular complexity index is 670. The van der Waals surface area contributed by atoms with E-state index >= 15 is 0 Å². The number of nitro benzene ring substituents is 1. The number of nitrogens with one attached hydrogen (secondary N) is 1. The van der Waals surface area contributed by atoms with Gasteiger partial charge in [-0.3, -0.25) is 10.1 Å². The van der Waals surface area contributed by atoms with Gasteiger partial charge in [0.2, 0.25) is 0 Å². The summed E-state index contributed by atoms with van der Waals surface area (Å²) in [5, 5.41) is 14.3. The lowest BCUT2D eigenvalue weighted by Gasteiger charge is -2.13. The number of nitro groups is 1. The van der Waals surface area contributed by atoms with Crippen molar-refractivity contribution >= 4 is 11.4 Å². The molecule has 0 aliphatic heterocycles. The van der Waals surface area contributed by atoms with Crippen molar-refractivity contribution in [3.8, 4) is 0 Å². The van der Waals surface area contributed by atoms with Crippen LogP contribution in [0.15, 0.2) is 30.3 Å². The van der Waals surface area contributed by atoms with E-state index in [0.717, 1.165) is 5.69 Å². The Hall–Kier alpha value is -2.36. The van der Waals surface area contributed by atoms with Crippen molar-refractivity contribution < 1.29 is 4.92 Å². The van der Waals surface area contributed by atoms with Gasteiger partial charge in [0.1, 0.15) is 0 Å². The van der Waals surface area contributed by atoms with Gasteiger partial charge in [0.05, 0.1) is 4.92 Å². The second kappa shape index (κ2) is 5.95. The lowest BCUT2D eigenvalue weighted by Crippen LogP contribution is -2.04. The molecule has 4 heteroatoms. The SMILES string of the molecule is Cc1cc(C)c(CNc2ccc(C)c([N+](=O)[O-])c2)c(C)c1. The normalized spacial score (nSPS) is 10.5. The van der Waals surface area contributed by atoms with Crippen LogP contribution >= 0.6 is 0 Å². The molecule has 0 bridgehead atoms. The molecule has 0 fully saturated rings. The summed E-state index contributed by atoms with van der Waals surface area (Å²) in [5.41, 5.74) is 6.56. The summed E-state index contributed by atoms with van der Waals surface area (Å²) in [6.45, 7) is 8.68. The van der Waals surface area contributed by atoms with Gasteiger partial charge >= 0.3 is 0 Å². The highest BCUT2D eigenvalue weighted by Crippen LogP contribution is 2.24. The number of hydrogen-bond acceptors (Lipinski definition) is 3. The van der Waals surface area contributed by atoms with E-state index in [0.29, 0.717) is 12.1 Å². The first-order valence-corrected chi connectivity index (χ1v) is 6.94. The highest BCUT2D eigenvalue weighted by molar-refractivity contribution is 5.55. The molecule has 0 radical (unpaired) electrons. The maximum atomic E-state index is 11.0. The van der Waals surface area contributed by atoms with Crippen LogP contribution in [0.5, 0.6) is 0 Å². The van der Waals surface area contributed by atoms with Crippen LogP contribution in [-0.2, 0) is 6.54 Å². The Labute approximate surface area is 125 Å². The van der Waals surface area contributed by atoms with Gasteiger partial charge < -0.3 is 5.32 Å². The average Bonchev–Trinajstić information content (AvgIpc) is 2.38. The maximum absolute atomic E-state index is 11.0. The van der Waals surface area contributed by atoms with Crippen LogP contribution in [0.2, 0.25) is 0 Å². The highest BCUT2D eigenvalue weighted by Gasteiger charge is 2.11. The van der Waals surface area contributed by atoms with E-state index in [9.17, 15) is 10.1 Å². The van der Waals surface area contributed by atoms with Crippen molar-refractivity contribution in [3.63, 3.8) is 0 Å². The maximum Gasteiger partial charge on any atom is 0.274 e. The molecule has 0 saturated heterocycles. The second-order valence-electron chi connectivity index (χ2n) is 5.49. The molecule has 1 N–H and O–H groups in total. The predicted molar refractivity (Wildman–Crippen MR) is 85.8 cm³/mol. The average molecular weight is 284 g/mol. The molecule has 110 valence electrons. The van der Waals surface area contributed by atoms with Crippen LogP contribution in [0.25, 0.3) is 0 Å². The molecule has 2 aromatic carbocycles. The first-order chi connectivity index (χ1) is 9.88. The largest absolute Gasteiger partial charge is 0.381 e. The van der Waals surface area contributed by atoms with Crippen molar-refractivity contribution in [2.45, 2.75) is 34.2 Å². The van der Waals surface area contributed by atoms with Gasteiger partial charge in [-0.2, -0.15) is 0 Å². The van der Waals surface area contributed by atoms with Crippen LogP contribution in [-0.4, -0.2) is 4.92 Å². The second-order valence-corrected chi connectivity index (χ2v) is 5.49. The van der Waals surface area contributed by atoms with E-state index in [1.807, 2.05) is 6.07 Å². The van der Waals surface area contributed by atoms with Gasteiger partial charge in [-0.25, -0.2) is 0 Å². The van der Waals surface area contributed by atoms with Crippen molar-refractivity contribution in [1.82, 2.24) is 0 Å². The Kier molecular flexibility index (Phi) is 4.26. The zero-order valence-electron chi connectivity index (χ0n) is 12.9. The van der Waals surface area contributed by atoms with Crippen LogP contribution in [0, 0.1) is 37.8 Å². The number of rotatable bonds is 4. The van der Waals surface area contributed by atoms with E-state index in [1.165, 1.54) is 22.3 Å². The summed E-state index contributed by atoms with van der Waals surface area (Å²) >= 11 is 0. The van der Waals surface area contributed by atoms with Crippen molar-refractivity contribution in [3.05, 3.63) is 68.3 Å². The van der Waals surface area contributed by atoms with Gasteiger partial charge in [-0.05, 0) is 50.5 Å². The molecule has 2 aromatic rings. The third-order valence-corrected chi connectivity index (χ3v) is 3.72. The molecule has 0 heterocycles. The van der Waals surface area contributed by atoms with E-state index < -0.39 is 0 Å². The quantitative estimate of drug-likeness (QED) is 0.667. The standard InChI is InChI=1S/C17H20N2O2/c1-11-7-13(3)16(14(4)8-11)10-18-15-6-5-12(2)17(9-15)19(20)21/h5-9,18H,10H2,1-4H3. The number of hydrogen-bond donors (Lipinski definition) is 1. The molecule has 0 aliphatic rings. The summed E-state index contributed by atoms with van der Waals surface area (Å²) in [7, 11) is 0. The van der Waals surface area contributed by atoms with E-state index in [4.69, 9.17) is 0 Å². The third kappa shape index (κ3) is 3.40. The summed E-state index contributed by atoms with van der Waals surface area (Å²) in [6.07, 6.45) is 0. The minimum absolute atomic E-state index is 0.150. The third-order valence-electron chi connectivity index (χ3n) is 3.72. The van der Waals surface area contributed by atoms with Crippen LogP contribution in [0.3, 0.4) is 0 Å². The topological polar surface area (TPSA) is 55.2 Å². The fraction of sp³-hybridized carbons (Fsp3) is 0.294. The number of aryl methyl sites for hydroxylation is 4. The molecular weight excluding hydrogens is 264 g/mol. The molecule has 0 saturated carbocycles. The van der Waals surface area contributed by atoms with Gasteiger partial charge in [-0.15, -0.1) is 0 Å². The molecule has 0 unspecified atom stereocenters. The zero-order chi connectivity index (χ0) is 15.6. The zero-order valence-corrected chi connectivity index (χ0v) is 12.9. The molecule has 21 heavy (non-hydrogen) atoms. The lowest BCUT2D eigenvalue weighted by molar-refractivity contribution is -0.385. The summed E-state index contributed by atoms with van der Waals surface area (Å²) in [5.74, 6) is 0. The van der Waals surface area contributed by atoms with Crippen LogP contribution in [0.4, 0.5) is 11.4 Å². The summed E-state index contributed by atoms with van der Waals surface area (Å²) in [6, 6.07) is 9.55. The Morgan fingerprint density at radius 3 is 2.19 bits per heavy atom. The summed E-state index contributed by atoms with van der Waals surface area (Å²) in [4.78, 5) is 10.6. The van der Waals surface area contributed by atoms with Crippen LogP contribution < -0.4 is 5.32 Å². The smallest absolute Gasteiger partial charge is 0.274 e. The highest BCUT2D eigenvalue weighted by atomic mass is 16.6. The van der Waals surface area contributed by atoms with Crippen LogP contribution in [0.1, 0.15) is 27.8 Å². The van der Waals surface area contributed by atoms with Gasteiger partial charge in [0.15, 0.2) is 0 Å². The van der Waals surface area contributed by atoms with Crippen molar-refractivity contribution in [2.75, 3.05) is 5.32 Å². The van der Waals surface area contributed by atoms with Crippen molar-refractivity contribution in [1.29, 1.82) is 0 Å². The van der Waals surface area contributed by atoms with Gasteiger partial charge in [-0.1, -0.05) is 23.8 Å². The number of nitrogens with zero attached hydrogens (tertiary/aromatic N) is 1. The Balaban J connectivity index is 2.21. The minimum Gasteiger partial charge on any atom is -0.381 e. The lowest BCUT2D eigenvalue weighted by atomic mass is 10.00. The van der Waals surface area contributed by atoms with E-state index in [-0.39, 0.29) is 10.6 Å². The first-order valence-electron chi connectivity index (χ1n) is 6.94. The fourth-order valence-corrected chi connectivity index (χ4v) is 2.60. The number of anilines is 1. The van der Waals surface area contributed by atoms with Gasteiger partial charge in [0.25, 0.3) is 5.69 Å². The monoisotopic (exact) mass is 284 g/mol. The molecule has 0 aliphatic carbocycles. The Morgan fingerprint density at radius 1 is 1.00 bits per heavy atom. The molecule has 0 aromatic heterocycles. The van der Waals surface area contributed by atoms with E-state index in [2.05, 4.69) is 38.2 Å². The minimum atomic E-state index is -0.344. The predicted octanol–water partition coefficient (Wildman–Crippen LogP) is 4.44. The molecular formula is C17H20N2O2. The van der Waals surface area contributed by atoms with Crippen molar-refractivity contribution in [2.24, 2.45) is 0 Å².